The number of nitrogens with one attached hydrogen (secondary N) is 2. The zero-order valence-corrected chi connectivity index (χ0v) is 17.0. The third-order valence-electron chi connectivity index (χ3n) is 2.76. The molecule has 14 heteroatoms. The van der Waals surface area contributed by atoms with E-state index in [2.05, 4.69) is 39.3 Å². The van der Waals surface area contributed by atoms with Gasteiger partial charge in [0.2, 0.25) is 11.8 Å². The van der Waals surface area contributed by atoms with Crippen LogP contribution in [0.1, 0.15) is 12.8 Å². The van der Waals surface area contributed by atoms with Crippen LogP contribution in [0.5, 0.6) is 0 Å². The molecule has 2 amide bonds. The van der Waals surface area contributed by atoms with Gasteiger partial charge in [0.15, 0.2) is 0 Å². The summed E-state index contributed by atoms with van der Waals surface area (Å²) in [5.41, 5.74) is 10.2. The standard InChI is InChI=1S/C10H17N3O6S.C3H7NO2Se/c11-5(10(18)19)1-2-7(14)13-6(4-20)9(17)12-3-8(15)16;4-2(1-7)3(5)6/h5-6,20H,1-4,11H2,(H,12,17)(H,13,14)(H,15,16)(H,18,19);2,7H,1,4H2,(H,5,6). The van der Waals surface area contributed by atoms with Gasteiger partial charge in [-0.3, -0.25) is 19.2 Å². The van der Waals surface area contributed by atoms with E-state index in [0.29, 0.717) is 5.32 Å². The summed E-state index contributed by atoms with van der Waals surface area (Å²) in [4.78, 5) is 53.5. The van der Waals surface area contributed by atoms with Gasteiger partial charge in [-0.2, -0.15) is 12.6 Å². The fourth-order valence-electron chi connectivity index (χ4n) is 1.23. The molecule has 0 saturated carbocycles. The normalized spacial score (nSPS) is 13.2. The third kappa shape index (κ3) is 14.9. The summed E-state index contributed by atoms with van der Waals surface area (Å²) in [5.74, 6) is -4.65. The predicted octanol–water partition coefficient (Wildman–Crippen LogP) is -3.49. The Labute approximate surface area is 168 Å². The van der Waals surface area contributed by atoms with E-state index < -0.39 is 54.4 Å². The molecule has 3 unspecified atom stereocenters. The average molecular weight is 475 g/mol. The monoisotopic (exact) mass is 476 g/mol. The molecule has 0 bridgehead atoms. The maximum absolute atomic E-state index is 11.5. The molecule has 0 fully saturated rings. The average Bonchev–Trinajstić information content (AvgIpc) is 2.61. The zero-order chi connectivity index (χ0) is 21.6. The molecule has 12 nitrogen and oxygen atoms in total. The van der Waals surface area contributed by atoms with Crippen LogP contribution < -0.4 is 22.1 Å². The molecule has 0 saturated heterocycles. The SMILES string of the molecule is NC(CCC(=O)NC(CS)C(=O)NCC(=O)O)C(=O)O.NC(C[SeH])C(=O)O. The Hall–Kier alpha value is -1.86. The maximum atomic E-state index is 11.5. The summed E-state index contributed by atoms with van der Waals surface area (Å²) in [6, 6.07) is -2.86. The van der Waals surface area contributed by atoms with Gasteiger partial charge in [0, 0.05) is 12.2 Å². The molecule has 0 rings (SSSR count). The molecule has 156 valence electrons. The van der Waals surface area contributed by atoms with Crippen LogP contribution in [0.4, 0.5) is 0 Å². The molecule has 0 aliphatic heterocycles. The van der Waals surface area contributed by atoms with Crippen molar-refractivity contribution < 1.29 is 39.3 Å². The van der Waals surface area contributed by atoms with Gasteiger partial charge < -0.3 is 26.6 Å². The number of carboxylic acid groups (broad SMARTS) is 3. The molecule has 9 N–H and O–H groups in total. The summed E-state index contributed by atoms with van der Waals surface area (Å²) in [6.45, 7) is -0.567. The number of carbonyl (C=O) groups is 5. The number of hydrogen-bond acceptors (Lipinski definition) is 8. The van der Waals surface area contributed by atoms with E-state index in [9.17, 15) is 24.0 Å². The molecule has 0 radical (unpaired) electrons. The van der Waals surface area contributed by atoms with Crippen LogP contribution in [-0.4, -0.2) is 91.5 Å². The number of amides is 2. The van der Waals surface area contributed by atoms with E-state index in [4.69, 9.17) is 26.8 Å². The molecule has 0 aliphatic rings. The summed E-state index contributed by atoms with van der Waals surface area (Å²) in [6.07, 6.45) is -0.235. The first-order valence-corrected chi connectivity index (χ1v) is 9.39. The van der Waals surface area contributed by atoms with Crippen LogP contribution in [-0.2, 0) is 24.0 Å². The van der Waals surface area contributed by atoms with Crippen molar-refractivity contribution in [3.8, 4) is 0 Å². The first kappa shape index (κ1) is 27.4. The Balaban J connectivity index is 0. The van der Waals surface area contributed by atoms with Gasteiger partial charge >= 0.3 is 60.9 Å². The second-order valence-corrected chi connectivity index (χ2v) is 6.16. The minimum atomic E-state index is -1.22. The number of thiol groups is 1. The van der Waals surface area contributed by atoms with Crippen molar-refractivity contribution in [1.82, 2.24) is 10.6 Å². The van der Waals surface area contributed by atoms with E-state index >= 15 is 0 Å². The number of aliphatic carboxylic acids is 3. The number of carbonyl (C=O) groups excluding carboxylic acids is 2. The second-order valence-electron chi connectivity index (χ2n) is 5.02. The Kier molecular flexibility index (Phi) is 15.4. The summed E-state index contributed by atoms with van der Waals surface area (Å²) < 4.78 is 0. The Bertz CT molecular complexity index is 536. The van der Waals surface area contributed by atoms with E-state index in [1.165, 1.54) is 0 Å². The van der Waals surface area contributed by atoms with Crippen molar-refractivity contribution in [2.24, 2.45) is 11.5 Å². The van der Waals surface area contributed by atoms with Gasteiger partial charge in [-0.15, -0.1) is 0 Å². The van der Waals surface area contributed by atoms with E-state index in [1.54, 1.807) is 0 Å². The molecule has 0 heterocycles. The second kappa shape index (κ2) is 15.2. The Morgan fingerprint density at radius 3 is 1.85 bits per heavy atom. The van der Waals surface area contributed by atoms with Gasteiger partial charge in [-0.1, -0.05) is 0 Å². The van der Waals surface area contributed by atoms with Gasteiger partial charge in [0.25, 0.3) is 0 Å². The van der Waals surface area contributed by atoms with Crippen LogP contribution in [0.2, 0.25) is 5.32 Å². The van der Waals surface area contributed by atoms with Gasteiger partial charge in [-0.05, 0) is 6.42 Å². The topological polar surface area (TPSA) is 222 Å². The molecule has 27 heavy (non-hydrogen) atoms. The first-order chi connectivity index (χ1) is 12.5. The van der Waals surface area contributed by atoms with E-state index in [1.807, 2.05) is 0 Å². The van der Waals surface area contributed by atoms with E-state index in [0.717, 1.165) is 0 Å². The van der Waals surface area contributed by atoms with Crippen LogP contribution in [0, 0.1) is 0 Å². The number of rotatable bonds is 11. The van der Waals surface area contributed by atoms with Crippen molar-refractivity contribution in [3.05, 3.63) is 0 Å². The van der Waals surface area contributed by atoms with Crippen LogP contribution in [0.25, 0.3) is 0 Å². The third-order valence-corrected chi connectivity index (χ3v) is 3.95. The van der Waals surface area contributed by atoms with Crippen molar-refractivity contribution >= 4 is 58.4 Å². The van der Waals surface area contributed by atoms with Crippen molar-refractivity contribution in [1.29, 1.82) is 0 Å². The molecule has 0 aromatic rings. The molecular weight excluding hydrogens is 451 g/mol. The van der Waals surface area contributed by atoms with Gasteiger partial charge in [0.1, 0.15) is 18.6 Å². The summed E-state index contributed by atoms with van der Waals surface area (Å²) in [5, 5.41) is 29.8. The minimum absolute atomic E-state index is 0.0256. The summed E-state index contributed by atoms with van der Waals surface area (Å²) >= 11 is 6.00. The fraction of sp³-hybridized carbons (Fsp3) is 0.615. The van der Waals surface area contributed by atoms with Crippen LogP contribution in [0.15, 0.2) is 0 Å². The number of carboxylic acids is 3. The number of hydrogen-bond donors (Lipinski definition) is 8. The molecule has 0 aromatic carbocycles. The first-order valence-electron chi connectivity index (χ1n) is 7.43. The van der Waals surface area contributed by atoms with Gasteiger partial charge in [-0.25, -0.2) is 0 Å². The van der Waals surface area contributed by atoms with Crippen LogP contribution >= 0.6 is 12.6 Å². The summed E-state index contributed by atoms with van der Waals surface area (Å²) in [7, 11) is 0. The molecule has 0 aliphatic carbocycles. The zero-order valence-electron chi connectivity index (χ0n) is 14.2. The van der Waals surface area contributed by atoms with E-state index in [-0.39, 0.29) is 18.6 Å². The molecule has 3 atom stereocenters. The fourth-order valence-corrected chi connectivity index (χ4v) is 1.82. The molecule has 0 aromatic heterocycles. The van der Waals surface area contributed by atoms with Crippen molar-refractivity contribution in [2.75, 3.05) is 12.3 Å². The molecule has 0 spiro atoms. The predicted molar refractivity (Wildman–Crippen MR) is 98.8 cm³/mol. The Morgan fingerprint density at radius 2 is 1.52 bits per heavy atom. The Morgan fingerprint density at radius 1 is 1.00 bits per heavy atom. The van der Waals surface area contributed by atoms with Crippen molar-refractivity contribution in [3.63, 3.8) is 0 Å². The van der Waals surface area contributed by atoms with Crippen LogP contribution in [0.3, 0.4) is 0 Å². The number of nitrogens with two attached hydrogens (primary N) is 2. The quantitative estimate of drug-likeness (QED) is 0.109. The molecular formula is C13H24N4O8SSe. The van der Waals surface area contributed by atoms with Crippen molar-refractivity contribution in [2.45, 2.75) is 36.3 Å². The van der Waals surface area contributed by atoms with Gasteiger partial charge in [0.05, 0.1) is 0 Å².